The van der Waals surface area contributed by atoms with Gasteiger partial charge in [-0.25, -0.2) is 9.37 Å². The Labute approximate surface area is 183 Å². The van der Waals surface area contributed by atoms with Crippen molar-refractivity contribution in [2.24, 2.45) is 0 Å². The first-order valence-corrected chi connectivity index (χ1v) is 10.9. The molecule has 3 aromatic rings. The molecule has 1 saturated heterocycles. The highest BCUT2D eigenvalue weighted by Gasteiger charge is 2.30. The van der Waals surface area contributed by atoms with Crippen LogP contribution in [0, 0.1) is 5.82 Å². The van der Waals surface area contributed by atoms with E-state index in [1.165, 1.54) is 23.7 Å². The van der Waals surface area contributed by atoms with E-state index in [1.54, 1.807) is 30.3 Å². The highest BCUT2D eigenvalue weighted by atomic mass is 32.1. The molecule has 2 aromatic carbocycles. The largest absolute Gasteiger partial charge is 0.454 e. The van der Waals surface area contributed by atoms with Crippen LogP contribution in [-0.4, -0.2) is 52.6 Å². The molecule has 0 spiro atoms. The van der Waals surface area contributed by atoms with Gasteiger partial charge in [0.05, 0.1) is 0 Å². The van der Waals surface area contributed by atoms with Crippen molar-refractivity contribution < 1.29 is 18.7 Å². The number of benzene rings is 2. The summed E-state index contributed by atoms with van der Waals surface area (Å²) in [5, 5.41) is 0.846. The van der Waals surface area contributed by atoms with Gasteiger partial charge in [0.15, 0.2) is 11.5 Å². The summed E-state index contributed by atoms with van der Waals surface area (Å²) < 4.78 is 28.3. The molecule has 9 heteroatoms. The Hall–Kier alpha value is -3.20. The molecular formula is C22H21FN4O3S. The number of carbonyl (C=O) groups is 1. The van der Waals surface area contributed by atoms with Gasteiger partial charge in [0.1, 0.15) is 11.6 Å². The molecule has 0 aliphatic carbocycles. The number of fused-ring (bicyclic) bond motifs is 1. The van der Waals surface area contributed by atoms with Crippen molar-refractivity contribution in [1.82, 2.24) is 14.3 Å². The van der Waals surface area contributed by atoms with Crippen molar-refractivity contribution >= 4 is 22.6 Å². The van der Waals surface area contributed by atoms with E-state index >= 15 is 0 Å². The van der Waals surface area contributed by atoms with Gasteiger partial charge in [-0.05, 0) is 42.8 Å². The molecule has 2 aliphatic heterocycles. The van der Waals surface area contributed by atoms with Gasteiger partial charge in [0.25, 0.3) is 5.91 Å². The summed E-state index contributed by atoms with van der Waals surface area (Å²) in [6.07, 6.45) is 0.564. The number of halogens is 1. The number of aromatic nitrogens is 2. The van der Waals surface area contributed by atoms with Crippen LogP contribution in [0.15, 0.2) is 42.5 Å². The molecule has 0 radical (unpaired) electrons. The lowest BCUT2D eigenvalue weighted by molar-refractivity contribution is 0.0673. The van der Waals surface area contributed by atoms with Gasteiger partial charge in [-0.1, -0.05) is 12.1 Å². The minimum absolute atomic E-state index is 0.0142. The molecule has 0 bridgehead atoms. The summed E-state index contributed by atoms with van der Waals surface area (Å²) in [6, 6.07) is 11.7. The standard InChI is InChI=1S/C22H21FN4O3S/c1-14-12-26(22-24-20(25-31-22)10-15-2-5-17(23)6-3-15)8-9-27(14)21(28)16-4-7-18-19(11-16)30-13-29-18/h2-7,11,14H,8-10,12-13H2,1H3. The fourth-order valence-electron chi connectivity index (χ4n) is 3.86. The highest BCUT2D eigenvalue weighted by molar-refractivity contribution is 7.09. The van der Waals surface area contributed by atoms with E-state index in [4.69, 9.17) is 9.47 Å². The molecule has 3 heterocycles. The fraction of sp³-hybridized carbons (Fsp3) is 0.318. The number of amides is 1. The normalized spacial score (nSPS) is 17.8. The van der Waals surface area contributed by atoms with Crippen molar-refractivity contribution in [3.05, 3.63) is 65.2 Å². The average Bonchev–Trinajstić information content (AvgIpc) is 3.44. The summed E-state index contributed by atoms with van der Waals surface area (Å²) in [6.45, 7) is 4.19. The lowest BCUT2D eigenvalue weighted by Gasteiger charge is -2.39. The molecule has 5 rings (SSSR count). The number of rotatable bonds is 4. The monoisotopic (exact) mass is 440 g/mol. The van der Waals surface area contributed by atoms with Crippen molar-refractivity contribution in [2.45, 2.75) is 19.4 Å². The molecule has 0 N–H and O–H groups in total. The number of ether oxygens (including phenoxy) is 2. The Morgan fingerprint density at radius 1 is 1.16 bits per heavy atom. The van der Waals surface area contributed by atoms with Gasteiger partial charge in [-0.2, -0.15) is 4.37 Å². The van der Waals surface area contributed by atoms with E-state index in [9.17, 15) is 9.18 Å². The minimum atomic E-state index is -0.252. The summed E-state index contributed by atoms with van der Waals surface area (Å²) in [5.74, 6) is 1.73. The van der Waals surface area contributed by atoms with Crippen LogP contribution in [0.4, 0.5) is 9.52 Å². The maximum absolute atomic E-state index is 13.1. The van der Waals surface area contributed by atoms with Gasteiger partial charge >= 0.3 is 0 Å². The topological polar surface area (TPSA) is 67.8 Å². The highest BCUT2D eigenvalue weighted by Crippen LogP contribution is 2.33. The van der Waals surface area contributed by atoms with Crippen LogP contribution < -0.4 is 14.4 Å². The van der Waals surface area contributed by atoms with Gasteiger partial charge in [0, 0.05) is 49.2 Å². The van der Waals surface area contributed by atoms with E-state index in [-0.39, 0.29) is 24.6 Å². The molecule has 7 nitrogen and oxygen atoms in total. The summed E-state index contributed by atoms with van der Waals surface area (Å²) in [7, 11) is 0. The van der Waals surface area contributed by atoms with Crippen molar-refractivity contribution in [1.29, 1.82) is 0 Å². The second-order valence-electron chi connectivity index (χ2n) is 7.66. The predicted octanol–water partition coefficient (Wildman–Crippen LogP) is 3.35. The van der Waals surface area contributed by atoms with Gasteiger partial charge < -0.3 is 19.3 Å². The van der Waals surface area contributed by atoms with Crippen LogP contribution in [-0.2, 0) is 6.42 Å². The van der Waals surface area contributed by atoms with Gasteiger partial charge in [0.2, 0.25) is 11.9 Å². The third kappa shape index (κ3) is 4.05. The van der Waals surface area contributed by atoms with E-state index < -0.39 is 0 Å². The second-order valence-corrected chi connectivity index (χ2v) is 8.39. The Kier molecular flexibility index (Phi) is 5.19. The number of hydrogen-bond donors (Lipinski definition) is 0. The molecule has 0 saturated carbocycles. The molecular weight excluding hydrogens is 419 g/mol. The van der Waals surface area contributed by atoms with Crippen LogP contribution in [0.25, 0.3) is 0 Å². The number of nitrogens with zero attached hydrogens (tertiary/aromatic N) is 4. The van der Waals surface area contributed by atoms with Crippen LogP contribution in [0.2, 0.25) is 0 Å². The molecule has 160 valence electrons. The third-order valence-electron chi connectivity index (χ3n) is 5.51. The summed E-state index contributed by atoms with van der Waals surface area (Å²) in [4.78, 5) is 21.8. The Balaban J connectivity index is 1.23. The fourth-order valence-corrected chi connectivity index (χ4v) is 4.58. The van der Waals surface area contributed by atoms with Gasteiger partial charge in [-0.3, -0.25) is 4.79 Å². The van der Waals surface area contributed by atoms with Crippen LogP contribution in [0.5, 0.6) is 11.5 Å². The molecule has 2 aliphatic rings. The quantitative estimate of drug-likeness (QED) is 0.620. The van der Waals surface area contributed by atoms with Crippen molar-refractivity contribution in [3.63, 3.8) is 0 Å². The maximum atomic E-state index is 13.1. The average molecular weight is 441 g/mol. The molecule has 31 heavy (non-hydrogen) atoms. The van der Waals surface area contributed by atoms with Gasteiger partial charge in [-0.15, -0.1) is 0 Å². The number of carbonyl (C=O) groups excluding carboxylic acids is 1. The lowest BCUT2D eigenvalue weighted by Crippen LogP contribution is -2.54. The molecule has 1 atom stereocenters. The second kappa shape index (κ2) is 8.14. The molecule has 1 unspecified atom stereocenters. The minimum Gasteiger partial charge on any atom is -0.454 e. The molecule has 1 aromatic heterocycles. The van der Waals surface area contributed by atoms with Crippen molar-refractivity contribution in [2.75, 3.05) is 31.3 Å². The SMILES string of the molecule is CC1CN(c2nc(Cc3ccc(F)cc3)ns2)CCN1C(=O)c1ccc2c(c1)OCO2. The van der Waals surface area contributed by atoms with Crippen LogP contribution in [0.3, 0.4) is 0 Å². The first-order valence-electron chi connectivity index (χ1n) is 10.1. The Bertz CT molecular complexity index is 1100. The first-order chi connectivity index (χ1) is 15.1. The molecule has 1 fully saturated rings. The lowest BCUT2D eigenvalue weighted by atomic mass is 10.1. The zero-order valence-corrected chi connectivity index (χ0v) is 17.8. The number of hydrogen-bond acceptors (Lipinski definition) is 7. The smallest absolute Gasteiger partial charge is 0.254 e. The Morgan fingerprint density at radius 3 is 2.77 bits per heavy atom. The number of anilines is 1. The predicted molar refractivity (Wildman–Crippen MR) is 114 cm³/mol. The zero-order chi connectivity index (χ0) is 21.4. The zero-order valence-electron chi connectivity index (χ0n) is 17.0. The van der Waals surface area contributed by atoms with Crippen LogP contribution in [0.1, 0.15) is 28.7 Å². The number of piperazine rings is 1. The third-order valence-corrected chi connectivity index (χ3v) is 6.33. The first kappa shape index (κ1) is 19.7. The summed E-state index contributed by atoms with van der Waals surface area (Å²) in [5.41, 5.74) is 1.57. The van der Waals surface area contributed by atoms with E-state index in [0.717, 1.165) is 16.5 Å². The Morgan fingerprint density at radius 2 is 1.97 bits per heavy atom. The van der Waals surface area contributed by atoms with E-state index in [0.29, 0.717) is 43.1 Å². The van der Waals surface area contributed by atoms with Crippen LogP contribution >= 0.6 is 11.5 Å². The maximum Gasteiger partial charge on any atom is 0.254 e. The molecule has 1 amide bonds. The van der Waals surface area contributed by atoms with E-state index in [1.807, 2.05) is 11.8 Å². The van der Waals surface area contributed by atoms with Crippen molar-refractivity contribution in [3.8, 4) is 11.5 Å². The van der Waals surface area contributed by atoms with E-state index in [2.05, 4.69) is 14.3 Å². The summed E-state index contributed by atoms with van der Waals surface area (Å²) >= 11 is 1.36.